The molecule has 0 bridgehead atoms. The Morgan fingerprint density at radius 2 is 1.79 bits per heavy atom. The average Bonchev–Trinajstić information content (AvgIpc) is 3.59. The number of rotatable bonds is 5. The molecule has 38 heavy (non-hydrogen) atoms. The summed E-state index contributed by atoms with van der Waals surface area (Å²) in [4.78, 5) is 39.1. The van der Waals surface area contributed by atoms with Crippen LogP contribution in [0.1, 0.15) is 78.8 Å². The first-order valence-corrected chi connectivity index (χ1v) is 13.1. The van der Waals surface area contributed by atoms with E-state index < -0.39 is 17.9 Å². The highest BCUT2D eigenvalue weighted by Crippen LogP contribution is 2.47. The molecule has 6 rings (SSSR count). The number of esters is 1. The number of carbonyl (C=O) groups excluding carboxylic acids is 2. The molecule has 2 aliphatic heterocycles. The van der Waals surface area contributed by atoms with Crippen LogP contribution in [0.4, 0.5) is 0 Å². The van der Waals surface area contributed by atoms with E-state index in [1.165, 1.54) is 6.07 Å². The van der Waals surface area contributed by atoms with Crippen LogP contribution in [-0.2, 0) is 14.3 Å². The van der Waals surface area contributed by atoms with Crippen LogP contribution < -0.4 is 14.8 Å². The molecule has 196 valence electrons. The zero-order chi connectivity index (χ0) is 26.4. The molecular formula is C30H29NO7. The van der Waals surface area contributed by atoms with E-state index in [0.717, 1.165) is 36.9 Å². The van der Waals surface area contributed by atoms with Crippen molar-refractivity contribution in [3.63, 3.8) is 0 Å². The molecule has 8 nitrogen and oxygen atoms in total. The quantitative estimate of drug-likeness (QED) is 0.538. The van der Waals surface area contributed by atoms with Gasteiger partial charge in [0.15, 0.2) is 17.3 Å². The van der Waals surface area contributed by atoms with E-state index in [9.17, 15) is 19.5 Å². The standard InChI is InChI=1S/C30H29NO7/c1-16-26(30(35)38-21-7-2-3-8-21)27(18-5-4-6-19(11-18)29(33)34)28-22(31-16)12-20(13-23(28)32)17-9-10-24-25(14-17)37-15-36-24/h4-6,9-11,14,20-21,27,31H,2-3,7-8,12-13,15H2,1H3,(H,33,34). The third-order valence-corrected chi connectivity index (χ3v) is 7.96. The van der Waals surface area contributed by atoms with Crippen LogP contribution in [0.2, 0.25) is 0 Å². The molecule has 1 fully saturated rings. The Morgan fingerprint density at radius 3 is 2.58 bits per heavy atom. The molecule has 0 amide bonds. The van der Waals surface area contributed by atoms with Gasteiger partial charge in [-0.2, -0.15) is 0 Å². The van der Waals surface area contributed by atoms with Gasteiger partial charge in [-0.3, -0.25) is 4.79 Å². The first kappa shape index (κ1) is 24.3. The maximum absolute atomic E-state index is 13.8. The summed E-state index contributed by atoms with van der Waals surface area (Å²) in [6, 6.07) is 12.2. The molecule has 2 unspecified atom stereocenters. The number of carboxylic acid groups (broad SMARTS) is 1. The second-order valence-corrected chi connectivity index (χ2v) is 10.4. The number of benzene rings is 2. The van der Waals surface area contributed by atoms with Crippen LogP contribution in [0.25, 0.3) is 0 Å². The zero-order valence-corrected chi connectivity index (χ0v) is 21.1. The summed E-state index contributed by atoms with van der Waals surface area (Å²) in [5, 5.41) is 13.0. The number of carboxylic acids is 1. The fourth-order valence-corrected chi connectivity index (χ4v) is 6.12. The van der Waals surface area contributed by atoms with Gasteiger partial charge < -0.3 is 24.6 Å². The highest BCUT2D eigenvalue weighted by atomic mass is 16.7. The lowest BCUT2D eigenvalue weighted by Gasteiger charge is -2.37. The number of Topliss-reactive ketones (excluding diaryl/α,β-unsaturated/α-hetero) is 1. The SMILES string of the molecule is CC1=C(C(=O)OC2CCCC2)C(c2cccc(C(=O)O)c2)C2=C(CC(c3ccc4c(c3)OCO4)CC2=O)N1. The van der Waals surface area contributed by atoms with E-state index >= 15 is 0 Å². The number of carbonyl (C=O) groups is 3. The fourth-order valence-electron chi connectivity index (χ4n) is 6.12. The number of dihydropyridines is 1. The first-order chi connectivity index (χ1) is 18.4. The summed E-state index contributed by atoms with van der Waals surface area (Å²) in [6.45, 7) is 2.00. The van der Waals surface area contributed by atoms with Gasteiger partial charge in [0.2, 0.25) is 6.79 Å². The van der Waals surface area contributed by atoms with Gasteiger partial charge in [-0.1, -0.05) is 18.2 Å². The molecular weight excluding hydrogens is 486 g/mol. The van der Waals surface area contributed by atoms with Crippen LogP contribution in [0.3, 0.4) is 0 Å². The van der Waals surface area contributed by atoms with Gasteiger partial charge in [0.05, 0.1) is 11.1 Å². The maximum atomic E-state index is 13.8. The Kier molecular flexibility index (Phi) is 6.18. The summed E-state index contributed by atoms with van der Waals surface area (Å²) in [5.41, 5.74) is 3.92. The van der Waals surface area contributed by atoms with Gasteiger partial charge >= 0.3 is 11.9 Å². The third-order valence-electron chi connectivity index (χ3n) is 7.96. The molecule has 1 saturated carbocycles. The van der Waals surface area contributed by atoms with E-state index in [2.05, 4.69) is 5.32 Å². The topological polar surface area (TPSA) is 111 Å². The van der Waals surface area contributed by atoms with E-state index in [4.69, 9.17) is 14.2 Å². The number of ether oxygens (including phenoxy) is 3. The van der Waals surface area contributed by atoms with Crippen LogP contribution in [0, 0.1) is 0 Å². The van der Waals surface area contributed by atoms with Gasteiger partial charge in [0.25, 0.3) is 0 Å². The number of hydrogen-bond donors (Lipinski definition) is 2. The Hall–Kier alpha value is -4.07. The molecule has 2 aromatic rings. The maximum Gasteiger partial charge on any atom is 0.337 e. The minimum atomic E-state index is -1.07. The number of hydrogen-bond acceptors (Lipinski definition) is 7. The minimum Gasteiger partial charge on any atom is -0.478 e. The summed E-state index contributed by atoms with van der Waals surface area (Å²) >= 11 is 0. The van der Waals surface area contributed by atoms with Crippen molar-refractivity contribution < 1.29 is 33.7 Å². The lowest BCUT2D eigenvalue weighted by atomic mass is 9.71. The second kappa shape index (κ2) is 9.67. The van der Waals surface area contributed by atoms with E-state index in [1.807, 2.05) is 25.1 Å². The zero-order valence-electron chi connectivity index (χ0n) is 21.1. The lowest BCUT2D eigenvalue weighted by Crippen LogP contribution is -2.36. The largest absolute Gasteiger partial charge is 0.478 e. The predicted molar refractivity (Wildman–Crippen MR) is 137 cm³/mol. The van der Waals surface area contributed by atoms with Crippen molar-refractivity contribution in [2.45, 2.75) is 63.4 Å². The normalized spacial score (nSPS) is 22.8. The van der Waals surface area contributed by atoms with Crippen molar-refractivity contribution in [3.8, 4) is 11.5 Å². The number of nitrogens with one attached hydrogen (secondary N) is 1. The summed E-state index contributed by atoms with van der Waals surface area (Å²) < 4.78 is 16.9. The molecule has 2 heterocycles. The third kappa shape index (κ3) is 4.34. The summed E-state index contributed by atoms with van der Waals surface area (Å²) in [5.74, 6) is -1.02. The molecule has 2 aliphatic carbocycles. The number of aromatic carboxylic acids is 1. The molecule has 8 heteroatoms. The molecule has 2 atom stereocenters. The highest BCUT2D eigenvalue weighted by molar-refractivity contribution is 6.04. The van der Waals surface area contributed by atoms with E-state index in [1.54, 1.807) is 18.2 Å². The van der Waals surface area contributed by atoms with Crippen molar-refractivity contribution in [3.05, 3.63) is 81.7 Å². The number of ketones is 1. The van der Waals surface area contributed by atoms with Crippen LogP contribution in [0.15, 0.2) is 65.0 Å². The van der Waals surface area contributed by atoms with Gasteiger partial charge in [0, 0.05) is 29.3 Å². The molecule has 2 aromatic carbocycles. The van der Waals surface area contributed by atoms with Crippen LogP contribution >= 0.6 is 0 Å². The van der Waals surface area contributed by atoms with Crippen molar-refractivity contribution in [1.29, 1.82) is 0 Å². The fraction of sp³-hybridized carbons (Fsp3) is 0.367. The van der Waals surface area contributed by atoms with E-state index in [-0.39, 0.29) is 36.6 Å². The molecule has 0 aromatic heterocycles. The monoisotopic (exact) mass is 515 g/mol. The van der Waals surface area contributed by atoms with Crippen molar-refractivity contribution in [2.24, 2.45) is 0 Å². The number of allylic oxidation sites excluding steroid dienone is 3. The van der Waals surface area contributed by atoms with Crippen molar-refractivity contribution >= 4 is 17.7 Å². The smallest absolute Gasteiger partial charge is 0.337 e. The van der Waals surface area contributed by atoms with E-state index in [0.29, 0.717) is 40.3 Å². The van der Waals surface area contributed by atoms with Crippen molar-refractivity contribution in [1.82, 2.24) is 5.32 Å². The summed E-state index contributed by atoms with van der Waals surface area (Å²) in [7, 11) is 0. The molecule has 0 spiro atoms. The highest BCUT2D eigenvalue weighted by Gasteiger charge is 2.42. The Morgan fingerprint density at radius 1 is 1.00 bits per heavy atom. The first-order valence-electron chi connectivity index (χ1n) is 13.1. The van der Waals surface area contributed by atoms with Gasteiger partial charge in [-0.25, -0.2) is 9.59 Å². The van der Waals surface area contributed by atoms with Crippen LogP contribution in [0.5, 0.6) is 11.5 Å². The molecule has 0 radical (unpaired) electrons. The lowest BCUT2D eigenvalue weighted by molar-refractivity contribution is -0.144. The number of fused-ring (bicyclic) bond motifs is 1. The minimum absolute atomic E-state index is 0.0750. The van der Waals surface area contributed by atoms with Gasteiger partial charge in [-0.15, -0.1) is 0 Å². The summed E-state index contributed by atoms with van der Waals surface area (Å²) in [6.07, 6.45) is 4.39. The molecule has 4 aliphatic rings. The van der Waals surface area contributed by atoms with Gasteiger partial charge in [-0.05, 0) is 80.3 Å². The van der Waals surface area contributed by atoms with Gasteiger partial charge in [0.1, 0.15) is 6.10 Å². The predicted octanol–water partition coefficient (Wildman–Crippen LogP) is 4.96. The molecule has 0 saturated heterocycles. The second-order valence-electron chi connectivity index (χ2n) is 10.4. The van der Waals surface area contributed by atoms with Crippen LogP contribution in [-0.4, -0.2) is 35.7 Å². The average molecular weight is 516 g/mol. The van der Waals surface area contributed by atoms with Crippen molar-refractivity contribution in [2.75, 3.05) is 6.79 Å². The Labute approximate surface area is 220 Å². The molecule has 2 N–H and O–H groups in total. The Balaban J connectivity index is 1.39. The Bertz CT molecular complexity index is 1400.